The lowest BCUT2D eigenvalue weighted by Crippen LogP contribution is -2.37. The number of hydrogen-bond donors (Lipinski definition) is 1. The van der Waals surface area contributed by atoms with E-state index in [0.717, 1.165) is 19.0 Å². The van der Waals surface area contributed by atoms with E-state index < -0.39 is 0 Å². The predicted octanol–water partition coefficient (Wildman–Crippen LogP) is 3.30. The summed E-state index contributed by atoms with van der Waals surface area (Å²) in [6.07, 6.45) is 5.26. The van der Waals surface area contributed by atoms with Gasteiger partial charge in [0.05, 0.1) is 0 Å². The Balaban J connectivity index is 0.000000316. The van der Waals surface area contributed by atoms with Crippen LogP contribution in [0.25, 0.3) is 0 Å². The quantitative estimate of drug-likeness (QED) is 0.732. The molecule has 0 bridgehead atoms. The molecule has 3 heteroatoms. The summed E-state index contributed by atoms with van der Waals surface area (Å²) >= 11 is 0. The van der Waals surface area contributed by atoms with E-state index in [1.54, 1.807) is 6.92 Å². The molecule has 1 amide bonds. The molecule has 0 radical (unpaired) electrons. The third kappa shape index (κ3) is 9.04. The average Bonchev–Trinajstić information content (AvgIpc) is 2.42. The van der Waals surface area contributed by atoms with Crippen LogP contribution in [0.5, 0.6) is 0 Å². The summed E-state index contributed by atoms with van der Waals surface area (Å²) in [7, 11) is 0. The Hall–Kier alpha value is -0.570. The van der Waals surface area contributed by atoms with E-state index in [0.29, 0.717) is 5.92 Å². The maximum atomic E-state index is 10.9. The van der Waals surface area contributed by atoms with Gasteiger partial charge in [-0.15, -0.1) is 0 Å². The summed E-state index contributed by atoms with van der Waals surface area (Å²) in [6, 6.07) is 0. The Labute approximate surface area is 120 Å². The molecule has 2 fully saturated rings. The molecule has 0 saturated carbocycles. The Bertz CT molecular complexity index is 225. The minimum atomic E-state index is 0.228. The van der Waals surface area contributed by atoms with Crippen LogP contribution in [0.15, 0.2) is 0 Å². The molecule has 19 heavy (non-hydrogen) atoms. The molecule has 0 aromatic heterocycles. The average molecular weight is 270 g/mol. The molecule has 2 aliphatic heterocycles. The van der Waals surface area contributed by atoms with Crippen LogP contribution in [0.3, 0.4) is 0 Å². The molecule has 2 aliphatic rings. The first-order valence-electron chi connectivity index (χ1n) is 8.05. The van der Waals surface area contributed by atoms with Gasteiger partial charge in [-0.1, -0.05) is 27.7 Å². The van der Waals surface area contributed by atoms with Gasteiger partial charge in [-0.3, -0.25) is 4.79 Å². The zero-order valence-electron chi connectivity index (χ0n) is 13.7. The van der Waals surface area contributed by atoms with E-state index in [1.165, 1.54) is 38.8 Å². The van der Waals surface area contributed by atoms with E-state index in [-0.39, 0.29) is 5.91 Å². The zero-order valence-corrected chi connectivity index (χ0v) is 13.7. The Morgan fingerprint density at radius 2 is 1.74 bits per heavy atom. The van der Waals surface area contributed by atoms with Crippen molar-refractivity contribution in [2.24, 2.45) is 11.8 Å². The van der Waals surface area contributed by atoms with Gasteiger partial charge in [0.15, 0.2) is 0 Å². The van der Waals surface area contributed by atoms with Crippen LogP contribution in [0, 0.1) is 11.8 Å². The van der Waals surface area contributed by atoms with Crippen molar-refractivity contribution < 1.29 is 4.79 Å². The van der Waals surface area contributed by atoms with Crippen molar-refractivity contribution in [3.05, 3.63) is 0 Å². The van der Waals surface area contributed by atoms with Gasteiger partial charge in [-0.05, 0) is 50.6 Å². The second-order valence-electron chi connectivity index (χ2n) is 5.66. The number of likely N-dealkylation sites (tertiary alicyclic amines) is 1. The second kappa shape index (κ2) is 11.3. The highest BCUT2D eigenvalue weighted by Crippen LogP contribution is 2.14. The second-order valence-corrected chi connectivity index (χ2v) is 5.66. The number of carbonyl (C=O) groups is 1. The fourth-order valence-corrected chi connectivity index (χ4v) is 2.50. The maximum Gasteiger partial charge on any atom is 0.219 e. The molecular weight excluding hydrogens is 236 g/mol. The number of nitrogens with one attached hydrogen (secondary N) is 1. The monoisotopic (exact) mass is 270 g/mol. The minimum absolute atomic E-state index is 0.228. The van der Waals surface area contributed by atoms with Gasteiger partial charge in [-0.2, -0.15) is 0 Å². The number of nitrogens with zero attached hydrogens (tertiary/aromatic N) is 1. The molecular formula is C16H34N2O. The zero-order chi connectivity index (χ0) is 14.7. The number of amides is 1. The third-order valence-electron chi connectivity index (χ3n) is 3.65. The highest BCUT2D eigenvalue weighted by molar-refractivity contribution is 5.73. The molecule has 2 atom stereocenters. The number of rotatable bonds is 0. The predicted molar refractivity (Wildman–Crippen MR) is 83.3 cm³/mol. The maximum absolute atomic E-state index is 10.9. The Kier molecular flexibility index (Phi) is 10.9. The number of piperidine rings is 2. The summed E-state index contributed by atoms with van der Waals surface area (Å²) in [6.45, 7) is 14.6. The summed E-state index contributed by atoms with van der Waals surface area (Å²) in [5.74, 6) is 1.86. The Morgan fingerprint density at radius 3 is 2.05 bits per heavy atom. The first-order valence-corrected chi connectivity index (χ1v) is 8.05. The summed E-state index contributed by atoms with van der Waals surface area (Å²) in [5.41, 5.74) is 0. The van der Waals surface area contributed by atoms with Gasteiger partial charge in [0.2, 0.25) is 5.91 Å². The lowest BCUT2D eigenvalue weighted by molar-refractivity contribution is -0.130. The number of carbonyl (C=O) groups excluding carboxylic acids is 1. The SMILES string of the molecule is CC.CC(=O)N1CCCC(C)C1.CC1CCCNC1. The lowest BCUT2D eigenvalue weighted by atomic mass is 10.0. The van der Waals surface area contributed by atoms with Gasteiger partial charge < -0.3 is 10.2 Å². The van der Waals surface area contributed by atoms with Crippen LogP contribution >= 0.6 is 0 Å². The van der Waals surface area contributed by atoms with Crippen molar-refractivity contribution in [3.8, 4) is 0 Å². The molecule has 0 aliphatic carbocycles. The fourth-order valence-electron chi connectivity index (χ4n) is 2.50. The molecule has 2 rings (SSSR count). The van der Waals surface area contributed by atoms with Crippen LogP contribution in [0.4, 0.5) is 0 Å². The normalized spacial score (nSPS) is 26.5. The smallest absolute Gasteiger partial charge is 0.219 e. The van der Waals surface area contributed by atoms with Gasteiger partial charge in [0, 0.05) is 20.0 Å². The molecule has 0 spiro atoms. The molecule has 114 valence electrons. The van der Waals surface area contributed by atoms with Crippen molar-refractivity contribution in [2.75, 3.05) is 26.2 Å². The van der Waals surface area contributed by atoms with Crippen molar-refractivity contribution >= 4 is 5.91 Å². The van der Waals surface area contributed by atoms with Crippen LogP contribution < -0.4 is 5.32 Å². The van der Waals surface area contributed by atoms with Gasteiger partial charge in [-0.25, -0.2) is 0 Å². The van der Waals surface area contributed by atoms with Gasteiger partial charge in [0.25, 0.3) is 0 Å². The largest absolute Gasteiger partial charge is 0.343 e. The Morgan fingerprint density at radius 1 is 1.11 bits per heavy atom. The summed E-state index contributed by atoms with van der Waals surface area (Å²) in [4.78, 5) is 12.8. The van der Waals surface area contributed by atoms with Crippen LogP contribution in [-0.2, 0) is 4.79 Å². The van der Waals surface area contributed by atoms with Gasteiger partial charge >= 0.3 is 0 Å². The topological polar surface area (TPSA) is 32.3 Å². The van der Waals surface area contributed by atoms with E-state index in [4.69, 9.17) is 0 Å². The first-order chi connectivity index (χ1) is 9.09. The van der Waals surface area contributed by atoms with E-state index in [1.807, 2.05) is 18.7 Å². The lowest BCUT2D eigenvalue weighted by Gasteiger charge is -2.29. The number of hydrogen-bond acceptors (Lipinski definition) is 2. The van der Waals surface area contributed by atoms with Crippen LogP contribution in [0.1, 0.15) is 60.3 Å². The molecule has 2 unspecified atom stereocenters. The first kappa shape index (κ1) is 18.4. The highest BCUT2D eigenvalue weighted by Gasteiger charge is 2.17. The van der Waals surface area contributed by atoms with Crippen LogP contribution in [-0.4, -0.2) is 37.0 Å². The van der Waals surface area contributed by atoms with E-state index in [2.05, 4.69) is 19.2 Å². The van der Waals surface area contributed by atoms with E-state index in [9.17, 15) is 4.79 Å². The highest BCUT2D eigenvalue weighted by atomic mass is 16.2. The molecule has 0 aromatic carbocycles. The van der Waals surface area contributed by atoms with Crippen LogP contribution in [0.2, 0.25) is 0 Å². The molecule has 2 saturated heterocycles. The summed E-state index contributed by atoms with van der Waals surface area (Å²) < 4.78 is 0. The van der Waals surface area contributed by atoms with Crippen molar-refractivity contribution in [1.82, 2.24) is 10.2 Å². The van der Waals surface area contributed by atoms with E-state index >= 15 is 0 Å². The van der Waals surface area contributed by atoms with Gasteiger partial charge in [0.1, 0.15) is 0 Å². The van der Waals surface area contributed by atoms with Crippen molar-refractivity contribution in [1.29, 1.82) is 0 Å². The minimum Gasteiger partial charge on any atom is -0.343 e. The molecule has 2 heterocycles. The molecule has 3 nitrogen and oxygen atoms in total. The van der Waals surface area contributed by atoms with Crippen molar-refractivity contribution in [3.63, 3.8) is 0 Å². The molecule has 0 aromatic rings. The molecule has 1 N–H and O–H groups in total. The standard InChI is InChI=1S/C8H15NO.C6H13N.C2H6/c1-7-4-3-5-9(6-7)8(2)10;1-6-3-2-4-7-5-6;1-2/h7H,3-6H2,1-2H3;6-7H,2-5H2,1H3;1-2H3. The fraction of sp³-hybridized carbons (Fsp3) is 0.938. The summed E-state index contributed by atoms with van der Waals surface area (Å²) in [5, 5.41) is 3.33. The third-order valence-corrected chi connectivity index (χ3v) is 3.65. The van der Waals surface area contributed by atoms with Crippen molar-refractivity contribution in [2.45, 2.75) is 60.3 Å².